The van der Waals surface area contributed by atoms with E-state index >= 15 is 0 Å². The number of nitrogens with zero attached hydrogens (tertiary/aromatic N) is 5. The van der Waals surface area contributed by atoms with Gasteiger partial charge in [0.25, 0.3) is 0 Å². The maximum atomic E-state index is 14.1. The molecule has 4 rings (SSSR count). The van der Waals surface area contributed by atoms with E-state index in [1.165, 1.54) is 5.56 Å². The molecule has 2 aromatic carbocycles. The summed E-state index contributed by atoms with van der Waals surface area (Å²) in [5.74, 6) is -0.166. The van der Waals surface area contributed by atoms with Crippen molar-refractivity contribution in [3.63, 3.8) is 0 Å². The van der Waals surface area contributed by atoms with Crippen LogP contribution in [0.25, 0.3) is 11.0 Å². The lowest BCUT2D eigenvalue weighted by atomic mass is 9.97. The van der Waals surface area contributed by atoms with E-state index in [4.69, 9.17) is 0 Å². The van der Waals surface area contributed by atoms with Gasteiger partial charge in [0.05, 0.1) is 5.52 Å². The fourth-order valence-corrected chi connectivity index (χ4v) is 4.32. The number of rotatable bonds is 10. The molecule has 0 aliphatic heterocycles. The number of amides is 2. The predicted octanol–water partition coefficient (Wildman–Crippen LogP) is 5.42. The van der Waals surface area contributed by atoms with Gasteiger partial charge >= 0.3 is 0 Å². The van der Waals surface area contributed by atoms with E-state index in [-0.39, 0.29) is 18.4 Å². The summed E-state index contributed by atoms with van der Waals surface area (Å²) >= 11 is 0. The monoisotopic (exact) mass is 512 g/mol. The minimum atomic E-state index is -0.925. The Hall–Kier alpha value is -4.07. The Morgan fingerprint density at radius 1 is 1.00 bits per heavy atom. The molecule has 0 saturated heterocycles. The second-order valence-electron chi connectivity index (χ2n) is 10.3. The first kappa shape index (κ1) is 27.0. The third-order valence-corrected chi connectivity index (χ3v) is 7.18. The topological polar surface area (TPSA) is 93.0 Å². The lowest BCUT2D eigenvalue weighted by Gasteiger charge is -2.34. The summed E-state index contributed by atoms with van der Waals surface area (Å²) in [7, 11) is 0. The zero-order valence-electron chi connectivity index (χ0n) is 22.8. The predicted molar refractivity (Wildman–Crippen MR) is 150 cm³/mol. The highest BCUT2D eigenvalue weighted by molar-refractivity contribution is 6.01. The lowest BCUT2D eigenvalue weighted by Crippen LogP contribution is -2.51. The maximum Gasteiger partial charge on any atom is 0.249 e. The van der Waals surface area contributed by atoms with Crippen LogP contribution >= 0.6 is 0 Å². The minimum absolute atomic E-state index is 0.0746. The van der Waals surface area contributed by atoms with Crippen molar-refractivity contribution in [1.29, 1.82) is 0 Å². The Kier molecular flexibility index (Phi) is 8.20. The average Bonchev–Trinajstić information content (AvgIpc) is 3.34. The van der Waals surface area contributed by atoms with Crippen LogP contribution in [0.2, 0.25) is 0 Å². The van der Waals surface area contributed by atoms with Crippen LogP contribution < -0.4 is 10.2 Å². The fraction of sp³-hybridized carbons (Fsp3) is 0.367. The molecule has 198 valence electrons. The van der Waals surface area contributed by atoms with Gasteiger partial charge in [0.2, 0.25) is 11.8 Å². The zero-order valence-corrected chi connectivity index (χ0v) is 22.8. The van der Waals surface area contributed by atoms with Crippen molar-refractivity contribution in [1.82, 2.24) is 25.3 Å². The number of fused-ring (bicyclic) bond motifs is 1. The molecule has 38 heavy (non-hydrogen) atoms. The quantitative estimate of drug-likeness (QED) is 0.306. The van der Waals surface area contributed by atoms with Crippen LogP contribution in [0.1, 0.15) is 70.5 Å². The normalized spacial score (nSPS) is 13.2. The molecule has 2 aromatic heterocycles. The Morgan fingerprint density at radius 3 is 2.39 bits per heavy atom. The average molecular weight is 513 g/mol. The molecule has 0 fully saturated rings. The Balaban J connectivity index is 1.80. The number of carbonyl (C=O) groups excluding carboxylic acids is 2. The molecule has 0 spiro atoms. The first-order chi connectivity index (χ1) is 18.2. The number of nitrogens with one attached hydrogen (secondary N) is 1. The SMILES string of the molecule is CCC(C)c1ccc(N(C(=O)Cn2nnc3ccccc32)C(C(=O)NC(C)(C)CC)c2cccnc2)cc1. The smallest absolute Gasteiger partial charge is 0.249 e. The van der Waals surface area contributed by atoms with Crippen LogP contribution in [-0.4, -0.2) is 37.3 Å². The van der Waals surface area contributed by atoms with Crippen LogP contribution in [0.5, 0.6) is 0 Å². The van der Waals surface area contributed by atoms with E-state index in [1.807, 2.05) is 75.4 Å². The summed E-state index contributed by atoms with van der Waals surface area (Å²) in [4.78, 5) is 33.9. The van der Waals surface area contributed by atoms with Gasteiger partial charge in [-0.1, -0.05) is 56.3 Å². The van der Waals surface area contributed by atoms with Gasteiger partial charge in [-0.05, 0) is 68.5 Å². The van der Waals surface area contributed by atoms with Crippen LogP contribution in [-0.2, 0) is 16.1 Å². The highest BCUT2D eigenvalue weighted by Crippen LogP contribution is 2.31. The van der Waals surface area contributed by atoms with E-state index in [1.54, 1.807) is 28.0 Å². The van der Waals surface area contributed by atoms with Crippen LogP contribution in [0, 0.1) is 0 Å². The summed E-state index contributed by atoms with van der Waals surface area (Å²) in [6.45, 7) is 10.2. The van der Waals surface area contributed by atoms with Crippen molar-refractivity contribution >= 4 is 28.5 Å². The van der Waals surface area contributed by atoms with E-state index in [0.717, 1.165) is 18.4 Å². The van der Waals surface area contributed by atoms with Gasteiger partial charge in [-0.25, -0.2) is 4.68 Å². The van der Waals surface area contributed by atoms with Crippen molar-refractivity contribution < 1.29 is 9.59 Å². The molecule has 2 heterocycles. The highest BCUT2D eigenvalue weighted by Gasteiger charge is 2.35. The molecule has 2 amide bonds. The second kappa shape index (κ2) is 11.5. The second-order valence-corrected chi connectivity index (χ2v) is 10.3. The van der Waals surface area contributed by atoms with E-state index in [9.17, 15) is 9.59 Å². The van der Waals surface area contributed by atoms with E-state index in [0.29, 0.717) is 22.7 Å². The van der Waals surface area contributed by atoms with Gasteiger partial charge in [0.15, 0.2) is 0 Å². The molecule has 8 heteroatoms. The van der Waals surface area contributed by atoms with Crippen molar-refractivity contribution in [3.8, 4) is 0 Å². The van der Waals surface area contributed by atoms with Gasteiger partial charge in [0, 0.05) is 29.2 Å². The Bertz CT molecular complexity index is 1380. The van der Waals surface area contributed by atoms with Crippen molar-refractivity contribution in [2.45, 2.75) is 71.5 Å². The van der Waals surface area contributed by atoms with Crippen molar-refractivity contribution in [3.05, 3.63) is 84.2 Å². The fourth-order valence-electron chi connectivity index (χ4n) is 4.32. The number of benzene rings is 2. The molecule has 0 radical (unpaired) electrons. The van der Waals surface area contributed by atoms with Gasteiger partial charge in [-0.15, -0.1) is 5.10 Å². The molecule has 0 bridgehead atoms. The standard InChI is InChI=1S/C30H36N6O2/c1-6-21(3)22-14-16-24(17-15-22)36(27(37)20-35-26-13-9-8-12-25(26)33-34-35)28(23-11-10-18-31-19-23)29(38)32-30(4,5)7-2/h8-19,21,28H,6-7,20H2,1-5H3,(H,32,38). The Labute approximate surface area is 224 Å². The molecule has 0 aliphatic carbocycles. The number of aromatic nitrogens is 4. The van der Waals surface area contributed by atoms with Crippen LogP contribution in [0.3, 0.4) is 0 Å². The first-order valence-corrected chi connectivity index (χ1v) is 13.2. The summed E-state index contributed by atoms with van der Waals surface area (Å²) in [6, 6.07) is 18.1. The number of hydrogen-bond acceptors (Lipinski definition) is 5. The molecular formula is C30H36N6O2. The molecule has 2 unspecified atom stereocenters. The van der Waals surface area contributed by atoms with Crippen molar-refractivity contribution in [2.75, 3.05) is 4.90 Å². The van der Waals surface area contributed by atoms with Gasteiger partial charge in [-0.2, -0.15) is 0 Å². The summed E-state index contributed by atoms with van der Waals surface area (Å²) < 4.78 is 1.58. The molecule has 1 N–H and O–H groups in total. The van der Waals surface area contributed by atoms with Gasteiger partial charge in [-0.3, -0.25) is 19.5 Å². The molecular weight excluding hydrogens is 476 g/mol. The molecule has 0 aliphatic rings. The lowest BCUT2D eigenvalue weighted by molar-refractivity contribution is -0.128. The van der Waals surface area contributed by atoms with E-state index < -0.39 is 11.6 Å². The summed E-state index contributed by atoms with van der Waals surface area (Å²) in [6.07, 6.45) is 5.04. The third kappa shape index (κ3) is 5.90. The minimum Gasteiger partial charge on any atom is -0.349 e. The molecule has 0 saturated carbocycles. The number of para-hydroxylation sites is 1. The number of hydrogen-bond donors (Lipinski definition) is 1. The number of carbonyl (C=O) groups is 2. The maximum absolute atomic E-state index is 14.1. The summed E-state index contributed by atoms with van der Waals surface area (Å²) in [5, 5.41) is 11.6. The molecule has 4 aromatic rings. The molecule has 2 atom stereocenters. The Morgan fingerprint density at radius 2 is 1.74 bits per heavy atom. The highest BCUT2D eigenvalue weighted by atomic mass is 16.2. The first-order valence-electron chi connectivity index (χ1n) is 13.2. The number of anilines is 1. The van der Waals surface area contributed by atoms with Crippen molar-refractivity contribution in [2.24, 2.45) is 0 Å². The largest absolute Gasteiger partial charge is 0.349 e. The zero-order chi connectivity index (χ0) is 27.3. The van der Waals surface area contributed by atoms with Crippen LogP contribution in [0.15, 0.2) is 73.1 Å². The number of pyridine rings is 1. The van der Waals surface area contributed by atoms with Crippen LogP contribution in [0.4, 0.5) is 5.69 Å². The van der Waals surface area contributed by atoms with E-state index in [2.05, 4.69) is 34.5 Å². The summed E-state index contributed by atoms with van der Waals surface area (Å²) in [5.41, 5.74) is 3.44. The third-order valence-electron chi connectivity index (χ3n) is 7.18. The molecule has 8 nitrogen and oxygen atoms in total. The van der Waals surface area contributed by atoms with Gasteiger partial charge in [0.1, 0.15) is 18.1 Å². The van der Waals surface area contributed by atoms with Gasteiger partial charge < -0.3 is 5.32 Å².